The normalized spacial score (nSPS) is 12.3. The molecular weight excluding hydrogens is 483 g/mol. The lowest BCUT2D eigenvalue weighted by molar-refractivity contribution is -0.137. The molecule has 0 aliphatic rings. The van der Waals surface area contributed by atoms with Crippen molar-refractivity contribution in [3.8, 4) is 0 Å². The number of nitrogens with zero attached hydrogens (tertiary/aromatic N) is 3. The molecule has 0 saturated carbocycles. The smallest absolute Gasteiger partial charge is 0.316 e. The molecule has 1 amide bonds. The highest BCUT2D eigenvalue weighted by Gasteiger charge is 2.31. The highest BCUT2D eigenvalue weighted by molar-refractivity contribution is 8.01. The van der Waals surface area contributed by atoms with Crippen LogP contribution in [0.25, 0.3) is 0 Å². The van der Waals surface area contributed by atoms with Gasteiger partial charge in [-0.2, -0.15) is 0 Å². The molecule has 0 bridgehead atoms. The number of carbonyl (C=O) groups excluding carboxylic acids is 2. The third kappa shape index (κ3) is 6.44. The first-order valence-corrected chi connectivity index (χ1v) is 12.2. The first-order valence-electron chi connectivity index (χ1n) is 7.81. The summed E-state index contributed by atoms with van der Waals surface area (Å²) in [6, 6.07) is 3.16. The zero-order chi connectivity index (χ0) is 21.8. The number of ether oxygens (including phenoxy) is 1. The van der Waals surface area contributed by atoms with Crippen LogP contribution in [0.15, 0.2) is 22.5 Å². The number of anilines is 2. The van der Waals surface area contributed by atoms with Crippen molar-refractivity contribution in [3.63, 3.8) is 0 Å². The molecule has 0 aliphatic carbocycles. The number of rotatable bonds is 8. The molecule has 14 heteroatoms. The molecule has 0 saturated heterocycles. The van der Waals surface area contributed by atoms with Crippen molar-refractivity contribution >= 4 is 79.0 Å². The van der Waals surface area contributed by atoms with E-state index in [0.717, 1.165) is 33.7 Å². The van der Waals surface area contributed by atoms with Gasteiger partial charge < -0.3 is 4.74 Å². The number of hydrogen-bond acceptors (Lipinski definition) is 9. The zero-order valence-electron chi connectivity index (χ0n) is 15.4. The number of sulfonamides is 1. The van der Waals surface area contributed by atoms with Crippen molar-refractivity contribution in [1.29, 1.82) is 0 Å². The summed E-state index contributed by atoms with van der Waals surface area (Å²) < 4.78 is 30.6. The van der Waals surface area contributed by atoms with Crippen LogP contribution in [0.2, 0.25) is 10.0 Å². The quantitative estimate of drug-likeness (QED) is 0.335. The van der Waals surface area contributed by atoms with Crippen LogP contribution < -0.4 is 9.62 Å². The maximum absolute atomic E-state index is 12.7. The van der Waals surface area contributed by atoms with Crippen LogP contribution in [0, 0.1) is 0 Å². The number of nitrogens with one attached hydrogen (secondary N) is 1. The van der Waals surface area contributed by atoms with E-state index in [0.29, 0.717) is 4.34 Å². The van der Waals surface area contributed by atoms with E-state index in [1.54, 1.807) is 0 Å². The minimum Gasteiger partial charge on any atom is -0.468 e. The minimum atomic E-state index is -3.87. The summed E-state index contributed by atoms with van der Waals surface area (Å²) in [6.07, 6.45) is 0.959. The number of thioether (sulfide) groups is 1. The average molecular weight is 499 g/mol. The molecule has 1 N–H and O–H groups in total. The SMILES string of the molecule is COC(=O)CSc1nnc(NC(=O)[C@@H](C)N(c2cc(Cl)ccc2Cl)S(C)(=O)=O)s1. The molecule has 158 valence electrons. The molecule has 1 aromatic carbocycles. The van der Waals surface area contributed by atoms with Gasteiger partial charge in [0, 0.05) is 5.02 Å². The third-order valence-corrected chi connectivity index (χ3v) is 7.14. The van der Waals surface area contributed by atoms with Crippen LogP contribution in [0.4, 0.5) is 10.8 Å². The number of esters is 1. The number of carbonyl (C=O) groups is 2. The van der Waals surface area contributed by atoms with Crippen molar-refractivity contribution in [2.24, 2.45) is 0 Å². The highest BCUT2D eigenvalue weighted by atomic mass is 35.5. The van der Waals surface area contributed by atoms with Gasteiger partial charge in [0.05, 0.1) is 29.8 Å². The largest absolute Gasteiger partial charge is 0.468 e. The molecule has 0 fully saturated rings. The van der Waals surface area contributed by atoms with E-state index in [4.69, 9.17) is 23.2 Å². The van der Waals surface area contributed by atoms with Crippen LogP contribution in [0.5, 0.6) is 0 Å². The Kier molecular flexibility index (Phi) is 8.11. The van der Waals surface area contributed by atoms with E-state index >= 15 is 0 Å². The first-order chi connectivity index (χ1) is 13.5. The molecule has 2 rings (SSSR count). The van der Waals surface area contributed by atoms with Gasteiger partial charge in [-0.3, -0.25) is 19.2 Å². The lowest BCUT2D eigenvalue weighted by Crippen LogP contribution is -2.45. The number of methoxy groups -OCH3 is 1. The Morgan fingerprint density at radius 2 is 2.03 bits per heavy atom. The van der Waals surface area contributed by atoms with Gasteiger partial charge in [-0.1, -0.05) is 46.3 Å². The Morgan fingerprint density at radius 1 is 1.34 bits per heavy atom. The Hall–Kier alpha value is -1.60. The Labute approximate surface area is 185 Å². The van der Waals surface area contributed by atoms with Crippen LogP contribution in [-0.4, -0.2) is 55.7 Å². The molecule has 1 aromatic heterocycles. The Morgan fingerprint density at radius 3 is 2.66 bits per heavy atom. The van der Waals surface area contributed by atoms with Gasteiger partial charge in [-0.15, -0.1) is 10.2 Å². The topological polar surface area (TPSA) is 119 Å². The summed E-state index contributed by atoms with van der Waals surface area (Å²) in [4.78, 5) is 23.8. The first kappa shape index (κ1) is 23.7. The molecule has 2 aromatic rings. The average Bonchev–Trinajstić information content (AvgIpc) is 3.08. The predicted molar refractivity (Wildman–Crippen MR) is 115 cm³/mol. The summed E-state index contributed by atoms with van der Waals surface area (Å²) in [5, 5.41) is 10.7. The van der Waals surface area contributed by atoms with Crippen LogP contribution >= 0.6 is 46.3 Å². The van der Waals surface area contributed by atoms with Gasteiger partial charge in [0.15, 0.2) is 4.34 Å². The predicted octanol–water partition coefficient (Wildman–Crippen LogP) is 2.90. The molecule has 29 heavy (non-hydrogen) atoms. The number of amides is 1. The van der Waals surface area contributed by atoms with Crippen molar-refractivity contribution < 1.29 is 22.7 Å². The fourth-order valence-electron chi connectivity index (χ4n) is 2.14. The fourth-order valence-corrected chi connectivity index (χ4v) is 5.33. The molecule has 0 spiro atoms. The highest BCUT2D eigenvalue weighted by Crippen LogP contribution is 2.32. The van der Waals surface area contributed by atoms with Gasteiger partial charge in [0.1, 0.15) is 6.04 Å². The molecule has 0 unspecified atom stereocenters. The monoisotopic (exact) mass is 498 g/mol. The number of benzene rings is 1. The number of aromatic nitrogens is 2. The number of halogens is 2. The van der Waals surface area contributed by atoms with Gasteiger partial charge >= 0.3 is 5.97 Å². The van der Waals surface area contributed by atoms with Gasteiger partial charge in [0.2, 0.25) is 21.1 Å². The summed E-state index contributed by atoms with van der Waals surface area (Å²) in [6.45, 7) is 1.40. The van der Waals surface area contributed by atoms with E-state index in [-0.39, 0.29) is 26.6 Å². The van der Waals surface area contributed by atoms with E-state index < -0.39 is 27.9 Å². The summed E-state index contributed by atoms with van der Waals surface area (Å²) >= 11 is 14.2. The summed E-state index contributed by atoms with van der Waals surface area (Å²) in [5.74, 6) is -1.02. The van der Waals surface area contributed by atoms with Crippen LogP contribution in [0.1, 0.15) is 6.92 Å². The van der Waals surface area contributed by atoms with Crippen molar-refractivity contribution in [2.45, 2.75) is 17.3 Å². The molecule has 1 heterocycles. The van der Waals surface area contributed by atoms with Gasteiger partial charge in [-0.25, -0.2) is 8.42 Å². The minimum absolute atomic E-state index is 0.0462. The Balaban J connectivity index is 2.19. The molecule has 0 radical (unpaired) electrons. The van der Waals surface area contributed by atoms with Crippen molar-refractivity contribution in [2.75, 3.05) is 28.7 Å². The van der Waals surface area contributed by atoms with E-state index in [1.165, 1.54) is 32.2 Å². The second-order valence-electron chi connectivity index (χ2n) is 5.56. The second kappa shape index (κ2) is 9.94. The van der Waals surface area contributed by atoms with Gasteiger partial charge in [-0.05, 0) is 25.1 Å². The number of hydrogen-bond donors (Lipinski definition) is 1. The van der Waals surface area contributed by atoms with Crippen molar-refractivity contribution in [3.05, 3.63) is 28.2 Å². The van der Waals surface area contributed by atoms with Crippen LogP contribution in [-0.2, 0) is 24.3 Å². The molecule has 9 nitrogen and oxygen atoms in total. The zero-order valence-corrected chi connectivity index (χ0v) is 19.3. The Bertz CT molecular complexity index is 1020. The third-order valence-electron chi connectivity index (χ3n) is 3.41. The molecule has 1 atom stereocenters. The standard InChI is InChI=1S/C15H16Cl2N4O5S3/c1-8(21(29(3,24)25)11-6-9(16)4-5-10(11)17)13(23)18-14-19-20-15(28-14)27-7-12(22)26-2/h4-6,8H,7H2,1-3H3,(H,18,19,23)/t8-/m1/s1. The lowest BCUT2D eigenvalue weighted by atomic mass is 10.2. The summed E-state index contributed by atoms with van der Waals surface area (Å²) in [7, 11) is -2.59. The van der Waals surface area contributed by atoms with Gasteiger partial charge in [0.25, 0.3) is 0 Å². The molecular formula is C15H16Cl2N4O5S3. The second-order valence-corrected chi connectivity index (χ2v) is 10.5. The lowest BCUT2D eigenvalue weighted by Gasteiger charge is -2.28. The fraction of sp³-hybridized carbons (Fsp3) is 0.333. The van der Waals surface area contributed by atoms with E-state index in [9.17, 15) is 18.0 Å². The summed E-state index contributed by atoms with van der Waals surface area (Å²) in [5.41, 5.74) is 0.0795. The van der Waals surface area contributed by atoms with Crippen molar-refractivity contribution in [1.82, 2.24) is 10.2 Å². The van der Waals surface area contributed by atoms with E-state index in [1.807, 2.05) is 0 Å². The van der Waals surface area contributed by atoms with Crippen LogP contribution in [0.3, 0.4) is 0 Å². The molecule has 0 aliphatic heterocycles. The van der Waals surface area contributed by atoms with E-state index in [2.05, 4.69) is 20.3 Å². The maximum Gasteiger partial charge on any atom is 0.316 e. The maximum atomic E-state index is 12.7.